The van der Waals surface area contributed by atoms with Gasteiger partial charge in [-0.3, -0.25) is 0 Å². The van der Waals surface area contributed by atoms with Crippen molar-refractivity contribution in [3.05, 3.63) is 96.6 Å². The van der Waals surface area contributed by atoms with Gasteiger partial charge in [-0.25, -0.2) is 0 Å². The number of aryl methyl sites for hydroxylation is 1. The van der Waals surface area contributed by atoms with Crippen molar-refractivity contribution in [2.75, 3.05) is 0 Å². The van der Waals surface area contributed by atoms with Crippen LogP contribution < -0.4 is 10.6 Å². The maximum Gasteiger partial charge on any atom is 0.0159 e. The van der Waals surface area contributed by atoms with E-state index in [-0.39, 0.29) is 5.16 Å². The predicted molar refractivity (Wildman–Crippen MR) is 115 cm³/mol. The van der Waals surface area contributed by atoms with Gasteiger partial charge in [0.15, 0.2) is 0 Å². The van der Waals surface area contributed by atoms with E-state index in [1.807, 2.05) is 0 Å². The molecule has 0 saturated heterocycles. The topological polar surface area (TPSA) is 0 Å². The summed E-state index contributed by atoms with van der Waals surface area (Å²) in [6.07, 6.45) is 2.14. The summed E-state index contributed by atoms with van der Waals surface area (Å²) in [5, 5.41) is 2.67. The smallest absolute Gasteiger partial charge is 0.0159 e. The van der Waals surface area contributed by atoms with Gasteiger partial charge < -0.3 is 0 Å². The molecule has 0 saturated carbocycles. The van der Waals surface area contributed by atoms with E-state index in [4.69, 9.17) is 11.8 Å². The summed E-state index contributed by atoms with van der Waals surface area (Å²) in [6.45, 7) is 4.72. The van der Waals surface area contributed by atoms with E-state index in [0.717, 1.165) is 12.8 Å². The van der Waals surface area contributed by atoms with Gasteiger partial charge in [0.1, 0.15) is 0 Å². The van der Waals surface area contributed by atoms with Crippen LogP contribution >= 0.6 is 6.04 Å². The van der Waals surface area contributed by atoms with E-state index in [1.165, 1.54) is 16.2 Å². The van der Waals surface area contributed by atoms with Crippen molar-refractivity contribution in [2.45, 2.75) is 31.8 Å². The number of hydrogen-bond acceptors (Lipinski definition) is 1. The Labute approximate surface area is 156 Å². The average molecular weight is 364 g/mol. The first kappa shape index (κ1) is 18.1. The third-order valence-corrected chi connectivity index (χ3v) is 11.7. The standard InChI is InChI=1S/C23H25PS/c1-23(2,19-18-20-12-6-3-7-13-20)24(25,21-14-8-4-9-15-21)22-16-10-5-11-17-22/h3-17H,18-19H2,1-2H3. The summed E-state index contributed by atoms with van der Waals surface area (Å²) in [5.74, 6) is 0. The summed E-state index contributed by atoms with van der Waals surface area (Å²) >= 11 is 6.50. The van der Waals surface area contributed by atoms with E-state index < -0.39 is 6.04 Å². The molecule has 128 valence electrons. The Kier molecular flexibility index (Phi) is 5.57. The Morgan fingerprint density at radius 3 is 1.52 bits per heavy atom. The average Bonchev–Trinajstić information content (AvgIpc) is 2.68. The van der Waals surface area contributed by atoms with Crippen LogP contribution in [0.25, 0.3) is 0 Å². The number of hydrogen-bond donors (Lipinski definition) is 0. The van der Waals surface area contributed by atoms with Crippen LogP contribution in [0.3, 0.4) is 0 Å². The van der Waals surface area contributed by atoms with Crippen molar-refractivity contribution < 1.29 is 0 Å². The monoisotopic (exact) mass is 364 g/mol. The third kappa shape index (κ3) is 3.78. The Morgan fingerprint density at radius 2 is 1.08 bits per heavy atom. The van der Waals surface area contributed by atoms with Crippen LogP contribution in [0.5, 0.6) is 0 Å². The van der Waals surface area contributed by atoms with Crippen LogP contribution in [0.1, 0.15) is 25.8 Å². The zero-order chi connectivity index (χ0) is 17.8. The Morgan fingerprint density at radius 1 is 0.680 bits per heavy atom. The minimum Gasteiger partial charge on any atom is -0.0870 e. The maximum atomic E-state index is 6.50. The number of benzene rings is 3. The SMILES string of the molecule is CC(C)(CCc1ccccc1)P(=S)(c1ccccc1)c1ccccc1. The molecule has 0 N–H and O–H groups in total. The lowest BCUT2D eigenvalue weighted by molar-refractivity contribution is 0.631. The predicted octanol–water partition coefficient (Wildman–Crippen LogP) is 5.53. The van der Waals surface area contributed by atoms with Gasteiger partial charge in [-0.1, -0.05) is 117 Å². The van der Waals surface area contributed by atoms with Gasteiger partial charge in [-0.05, 0) is 29.0 Å². The Bertz CT molecular complexity index is 796. The van der Waals surface area contributed by atoms with Crippen LogP contribution in [0.4, 0.5) is 0 Å². The van der Waals surface area contributed by atoms with Gasteiger partial charge in [0.2, 0.25) is 0 Å². The molecule has 3 aromatic carbocycles. The van der Waals surface area contributed by atoms with Crippen molar-refractivity contribution in [1.29, 1.82) is 0 Å². The molecule has 0 radical (unpaired) electrons. The summed E-state index contributed by atoms with van der Waals surface area (Å²) in [6, 6.07) is 30.3. The molecule has 0 bridgehead atoms. The normalized spacial score (nSPS) is 12.1. The second-order valence-electron chi connectivity index (χ2n) is 7.08. The van der Waals surface area contributed by atoms with E-state index in [2.05, 4.69) is 105 Å². The van der Waals surface area contributed by atoms with Crippen LogP contribution in [0, 0.1) is 0 Å². The molecule has 0 aliphatic carbocycles. The van der Waals surface area contributed by atoms with Crippen LogP contribution in [0.2, 0.25) is 0 Å². The first-order chi connectivity index (χ1) is 12.0. The highest BCUT2D eigenvalue weighted by atomic mass is 32.4. The van der Waals surface area contributed by atoms with Crippen molar-refractivity contribution in [2.24, 2.45) is 0 Å². The van der Waals surface area contributed by atoms with Gasteiger partial charge in [0.05, 0.1) is 0 Å². The molecule has 0 aromatic heterocycles. The second-order valence-corrected chi connectivity index (χ2v) is 12.2. The van der Waals surface area contributed by atoms with Crippen LogP contribution in [0.15, 0.2) is 91.0 Å². The molecule has 0 spiro atoms. The first-order valence-corrected chi connectivity index (χ1v) is 11.6. The minimum atomic E-state index is -1.93. The van der Waals surface area contributed by atoms with E-state index in [1.54, 1.807) is 0 Å². The van der Waals surface area contributed by atoms with Crippen molar-refractivity contribution in [3.8, 4) is 0 Å². The van der Waals surface area contributed by atoms with E-state index >= 15 is 0 Å². The molecule has 0 nitrogen and oxygen atoms in total. The van der Waals surface area contributed by atoms with Crippen LogP contribution in [-0.4, -0.2) is 5.16 Å². The molecule has 0 heterocycles. The third-order valence-electron chi connectivity index (χ3n) is 4.96. The summed E-state index contributed by atoms with van der Waals surface area (Å²) < 4.78 is 0. The van der Waals surface area contributed by atoms with Crippen molar-refractivity contribution in [1.82, 2.24) is 0 Å². The molecule has 2 heteroatoms. The summed E-state index contributed by atoms with van der Waals surface area (Å²) in [7, 11) is 0. The molecule has 0 atom stereocenters. The summed E-state index contributed by atoms with van der Waals surface area (Å²) in [4.78, 5) is 0. The molecule has 0 amide bonds. The Balaban J connectivity index is 2.00. The molecular weight excluding hydrogens is 339 g/mol. The lowest BCUT2D eigenvalue weighted by atomic mass is 10.0. The molecule has 0 aliphatic heterocycles. The molecule has 3 aromatic rings. The van der Waals surface area contributed by atoms with Gasteiger partial charge in [-0.15, -0.1) is 0 Å². The zero-order valence-electron chi connectivity index (χ0n) is 14.9. The largest absolute Gasteiger partial charge is 0.0870 e. The first-order valence-electron chi connectivity index (χ1n) is 8.79. The maximum absolute atomic E-state index is 6.50. The molecule has 0 fully saturated rings. The van der Waals surface area contributed by atoms with Gasteiger partial charge in [0, 0.05) is 11.2 Å². The fourth-order valence-corrected chi connectivity index (χ4v) is 7.69. The molecule has 0 unspecified atom stereocenters. The van der Waals surface area contributed by atoms with Gasteiger partial charge in [0.25, 0.3) is 0 Å². The van der Waals surface area contributed by atoms with Crippen molar-refractivity contribution in [3.63, 3.8) is 0 Å². The lowest BCUT2D eigenvalue weighted by Gasteiger charge is -2.39. The molecule has 3 rings (SSSR count). The highest BCUT2D eigenvalue weighted by molar-refractivity contribution is 8.22. The summed E-state index contributed by atoms with van der Waals surface area (Å²) in [5.41, 5.74) is 1.39. The fourth-order valence-electron chi connectivity index (χ4n) is 3.38. The van der Waals surface area contributed by atoms with Gasteiger partial charge >= 0.3 is 0 Å². The molecular formula is C23H25PS. The second kappa shape index (κ2) is 7.68. The zero-order valence-corrected chi connectivity index (χ0v) is 16.6. The van der Waals surface area contributed by atoms with E-state index in [9.17, 15) is 0 Å². The van der Waals surface area contributed by atoms with E-state index in [0.29, 0.717) is 0 Å². The Hall–Kier alpha value is -1.69. The molecule has 25 heavy (non-hydrogen) atoms. The highest BCUT2D eigenvalue weighted by Crippen LogP contribution is 2.58. The lowest BCUT2D eigenvalue weighted by Crippen LogP contribution is -2.33. The van der Waals surface area contributed by atoms with Crippen LogP contribution in [-0.2, 0) is 18.2 Å². The quantitative estimate of drug-likeness (QED) is 0.518. The van der Waals surface area contributed by atoms with Gasteiger partial charge in [-0.2, -0.15) is 0 Å². The minimum absolute atomic E-state index is 0.0425. The fraction of sp³-hybridized carbons (Fsp3) is 0.217. The number of rotatable bonds is 6. The van der Waals surface area contributed by atoms with Crippen molar-refractivity contribution >= 4 is 28.5 Å². The molecule has 0 aliphatic rings. The highest BCUT2D eigenvalue weighted by Gasteiger charge is 2.38.